The molecule has 1 fully saturated rings. The second kappa shape index (κ2) is 12.0. The minimum atomic E-state index is -4.77. The molecule has 0 bridgehead atoms. The van der Waals surface area contributed by atoms with Gasteiger partial charge in [0.2, 0.25) is 0 Å². The maximum absolute atomic E-state index is 14.8. The van der Waals surface area contributed by atoms with Crippen molar-refractivity contribution >= 4 is 28.6 Å². The van der Waals surface area contributed by atoms with E-state index in [4.69, 9.17) is 0 Å². The second-order valence-electron chi connectivity index (χ2n) is 9.66. The van der Waals surface area contributed by atoms with Gasteiger partial charge >= 0.3 is 12.2 Å². The van der Waals surface area contributed by atoms with Crippen molar-refractivity contribution in [2.45, 2.75) is 41.4 Å². The molecule has 1 saturated heterocycles. The lowest BCUT2D eigenvalue weighted by atomic mass is 9.79. The van der Waals surface area contributed by atoms with Crippen LogP contribution in [-0.4, -0.2) is 42.1 Å². The van der Waals surface area contributed by atoms with Crippen LogP contribution in [0.15, 0.2) is 66.9 Å². The first-order chi connectivity index (χ1) is 18.1. The van der Waals surface area contributed by atoms with Crippen molar-refractivity contribution < 1.29 is 22.4 Å². The Morgan fingerprint density at radius 3 is 2.32 bits per heavy atom. The minimum absolute atomic E-state index is 0.0399. The lowest BCUT2D eigenvalue weighted by Gasteiger charge is -2.37. The van der Waals surface area contributed by atoms with E-state index >= 15 is 0 Å². The number of hydrogen-bond donors (Lipinski definition) is 2. The molecule has 10 heteroatoms. The lowest BCUT2D eigenvalue weighted by molar-refractivity contribution is -0.137. The van der Waals surface area contributed by atoms with Gasteiger partial charge in [-0.25, -0.2) is 9.18 Å². The van der Waals surface area contributed by atoms with Crippen LogP contribution in [0.3, 0.4) is 0 Å². The Labute approximate surface area is 233 Å². The van der Waals surface area contributed by atoms with Crippen molar-refractivity contribution in [1.82, 2.24) is 20.5 Å². The number of pyridine rings is 1. The fourth-order valence-corrected chi connectivity index (χ4v) is 5.20. The number of urea groups is 1. The summed E-state index contributed by atoms with van der Waals surface area (Å²) in [6.45, 7) is 1.64. The summed E-state index contributed by atoms with van der Waals surface area (Å²) in [5.41, 5.74) is -0.790. The zero-order valence-corrected chi connectivity index (χ0v) is 23.0. The molecule has 1 aromatic heterocycles. The summed E-state index contributed by atoms with van der Waals surface area (Å²) in [4.78, 5) is 20.2. The molecule has 1 aliphatic heterocycles. The zero-order valence-electron chi connectivity index (χ0n) is 20.9. The Balaban J connectivity index is 1.84. The van der Waals surface area contributed by atoms with E-state index in [-0.39, 0.29) is 18.0 Å². The van der Waals surface area contributed by atoms with Crippen LogP contribution < -0.4 is 10.6 Å². The van der Waals surface area contributed by atoms with Gasteiger partial charge in [0.15, 0.2) is 0 Å². The highest BCUT2D eigenvalue weighted by Crippen LogP contribution is 2.37. The van der Waals surface area contributed by atoms with Crippen LogP contribution in [-0.2, 0) is 22.6 Å². The molecule has 1 aliphatic rings. The minimum Gasteiger partial charge on any atom is -0.335 e. The standard InChI is InChI=1S/C28H29F4IN4O/c1-37-11-9-24(10-12-37)35-26(38)36-27(16-19-5-3-2-4-6-19,25-8-7-20(17-33)18-34-25)21-13-22(28(30,31)32)15-23(29)14-21/h2-8,13-15,18,24H,9-12,16-17H2,1H3,(H2,35,36,38)/t27-/m0/s1. The molecule has 0 aliphatic carbocycles. The van der Waals surface area contributed by atoms with Crippen LogP contribution in [0.25, 0.3) is 0 Å². The molecule has 2 N–H and O–H groups in total. The van der Waals surface area contributed by atoms with Gasteiger partial charge in [-0.05, 0) is 73.9 Å². The van der Waals surface area contributed by atoms with Gasteiger partial charge in [0.25, 0.3) is 0 Å². The molecule has 2 amide bonds. The van der Waals surface area contributed by atoms with E-state index in [0.717, 1.165) is 49.2 Å². The van der Waals surface area contributed by atoms with Gasteiger partial charge in [0.05, 0.1) is 11.3 Å². The highest BCUT2D eigenvalue weighted by Gasteiger charge is 2.41. The van der Waals surface area contributed by atoms with Crippen molar-refractivity contribution in [3.05, 3.63) is 101 Å². The van der Waals surface area contributed by atoms with Crippen molar-refractivity contribution in [3.63, 3.8) is 0 Å². The molecule has 0 unspecified atom stereocenters. The molecular weight excluding hydrogens is 611 g/mol. The Kier molecular flexibility index (Phi) is 8.92. The van der Waals surface area contributed by atoms with Crippen LogP contribution >= 0.6 is 22.6 Å². The number of likely N-dealkylation sites (tertiary alicyclic amines) is 1. The molecule has 3 aromatic rings. The number of halogens is 5. The maximum atomic E-state index is 14.8. The molecule has 0 radical (unpaired) electrons. The van der Waals surface area contributed by atoms with Crippen molar-refractivity contribution in [1.29, 1.82) is 0 Å². The first-order valence-electron chi connectivity index (χ1n) is 12.3. The average Bonchev–Trinajstić information content (AvgIpc) is 2.89. The fourth-order valence-electron chi connectivity index (χ4n) is 4.75. The van der Waals surface area contributed by atoms with E-state index in [1.807, 2.05) is 31.3 Å². The number of nitrogens with one attached hydrogen (secondary N) is 2. The van der Waals surface area contributed by atoms with Crippen LogP contribution in [0, 0.1) is 5.82 Å². The normalized spacial score (nSPS) is 16.6. The molecule has 5 nitrogen and oxygen atoms in total. The van der Waals surface area contributed by atoms with Crippen molar-refractivity contribution in [3.8, 4) is 0 Å². The highest BCUT2D eigenvalue weighted by atomic mass is 127. The largest absolute Gasteiger partial charge is 0.416 e. The number of amides is 2. The molecule has 0 spiro atoms. The van der Waals surface area contributed by atoms with Crippen LogP contribution in [0.5, 0.6) is 0 Å². The predicted molar refractivity (Wildman–Crippen MR) is 146 cm³/mol. The van der Waals surface area contributed by atoms with Gasteiger partial charge in [-0.2, -0.15) is 13.2 Å². The highest BCUT2D eigenvalue weighted by molar-refractivity contribution is 14.1. The van der Waals surface area contributed by atoms with E-state index in [0.29, 0.717) is 16.2 Å². The Morgan fingerprint density at radius 2 is 1.71 bits per heavy atom. The molecule has 4 rings (SSSR count). The van der Waals surface area contributed by atoms with E-state index < -0.39 is 29.1 Å². The third-order valence-corrected chi connectivity index (χ3v) is 7.71. The lowest BCUT2D eigenvalue weighted by Crippen LogP contribution is -2.55. The van der Waals surface area contributed by atoms with Crippen LogP contribution in [0.4, 0.5) is 22.4 Å². The summed E-state index contributed by atoms with van der Waals surface area (Å²) in [7, 11) is 2.01. The van der Waals surface area contributed by atoms with E-state index in [2.05, 4.69) is 43.1 Å². The van der Waals surface area contributed by atoms with Gasteiger partial charge in [0, 0.05) is 23.1 Å². The summed E-state index contributed by atoms with van der Waals surface area (Å²) >= 11 is 2.19. The van der Waals surface area contributed by atoms with Gasteiger partial charge < -0.3 is 15.5 Å². The smallest absolute Gasteiger partial charge is 0.335 e. The summed E-state index contributed by atoms with van der Waals surface area (Å²) in [5.74, 6) is -1.05. The summed E-state index contributed by atoms with van der Waals surface area (Å²) < 4.78 is 56.8. The maximum Gasteiger partial charge on any atom is 0.416 e. The number of nitrogens with zero attached hydrogens (tertiary/aromatic N) is 2. The SMILES string of the molecule is CN1CCC(NC(=O)N[C@@](Cc2ccccc2)(c2cc(F)cc(C(F)(F)F)c2)c2ccc(CI)cn2)CC1. The molecule has 0 saturated carbocycles. The first kappa shape index (κ1) is 28.3. The van der Waals surface area contributed by atoms with Gasteiger partial charge in [0.1, 0.15) is 11.4 Å². The number of aromatic nitrogens is 1. The predicted octanol–water partition coefficient (Wildman–Crippen LogP) is 6.05. The quantitative estimate of drug-likeness (QED) is 0.188. The summed E-state index contributed by atoms with van der Waals surface area (Å²) in [5, 5.41) is 5.93. The molecular formula is C28H29F4IN4O. The number of hydrogen-bond acceptors (Lipinski definition) is 3. The molecule has 2 heterocycles. The van der Waals surface area contributed by atoms with Crippen molar-refractivity contribution in [2.24, 2.45) is 0 Å². The number of piperidine rings is 1. The fraction of sp³-hybridized carbons (Fsp3) is 0.357. The number of carbonyl (C=O) groups excluding carboxylic acids is 1. The molecule has 202 valence electrons. The second-order valence-corrected chi connectivity index (χ2v) is 10.4. The number of benzene rings is 2. The number of rotatable bonds is 7. The van der Waals surface area contributed by atoms with Crippen LogP contribution in [0.1, 0.15) is 40.8 Å². The summed E-state index contributed by atoms with van der Waals surface area (Å²) in [6.07, 6.45) is -1.59. The average molecular weight is 640 g/mol. The van der Waals surface area contributed by atoms with E-state index in [9.17, 15) is 22.4 Å². The third-order valence-electron chi connectivity index (χ3n) is 6.83. The van der Waals surface area contributed by atoms with E-state index in [1.54, 1.807) is 24.4 Å². The topological polar surface area (TPSA) is 57.3 Å². The van der Waals surface area contributed by atoms with Gasteiger partial charge in [-0.1, -0.05) is 59.0 Å². The third kappa shape index (κ3) is 6.82. The molecule has 1 atom stereocenters. The zero-order chi connectivity index (χ0) is 27.3. The molecule has 38 heavy (non-hydrogen) atoms. The Morgan fingerprint density at radius 1 is 1.03 bits per heavy atom. The first-order valence-corrected chi connectivity index (χ1v) is 13.8. The number of alkyl halides is 4. The van der Waals surface area contributed by atoms with E-state index in [1.165, 1.54) is 0 Å². The van der Waals surface area contributed by atoms with Gasteiger partial charge in [-0.15, -0.1) is 0 Å². The Bertz CT molecular complexity index is 1230. The van der Waals surface area contributed by atoms with Crippen molar-refractivity contribution in [2.75, 3.05) is 20.1 Å². The number of carbonyl (C=O) groups is 1. The summed E-state index contributed by atoms with van der Waals surface area (Å²) in [6, 6.07) is 14.3. The van der Waals surface area contributed by atoms with Crippen LogP contribution in [0.2, 0.25) is 0 Å². The Hall–Kier alpha value is -2.73. The monoisotopic (exact) mass is 640 g/mol. The van der Waals surface area contributed by atoms with Gasteiger partial charge in [-0.3, -0.25) is 4.98 Å². The molecule has 2 aromatic carbocycles.